The van der Waals surface area contributed by atoms with Gasteiger partial charge in [0.05, 0.1) is 6.10 Å². The van der Waals surface area contributed by atoms with Crippen LogP contribution in [0.15, 0.2) is 18.4 Å². The maximum Gasteiger partial charge on any atom is 0.0611 e. The summed E-state index contributed by atoms with van der Waals surface area (Å²) in [5.74, 6) is 0.884. The van der Waals surface area contributed by atoms with E-state index in [0.717, 1.165) is 12.8 Å². The highest BCUT2D eigenvalue weighted by atomic mass is 16.3. The number of rotatable bonds is 1. The van der Waals surface area contributed by atoms with E-state index in [1.165, 1.54) is 6.42 Å². The fourth-order valence-electron chi connectivity index (χ4n) is 1.82. The first-order valence-electron chi connectivity index (χ1n) is 4.29. The maximum atomic E-state index is 9.57. The zero-order chi connectivity index (χ0) is 8.27. The second kappa shape index (κ2) is 3.75. The zero-order valence-electron chi connectivity index (χ0n) is 7.09. The van der Waals surface area contributed by atoms with Crippen molar-refractivity contribution in [3.8, 4) is 0 Å². The number of aliphatic hydroxyl groups is 1. The molecule has 1 aliphatic carbocycles. The summed E-state index contributed by atoms with van der Waals surface area (Å²) in [5, 5.41) is 9.57. The third-order valence-electron chi connectivity index (χ3n) is 2.57. The topological polar surface area (TPSA) is 20.2 Å². The number of hydrogen-bond acceptors (Lipinski definition) is 1. The molecule has 0 spiro atoms. The lowest BCUT2D eigenvalue weighted by Crippen LogP contribution is -2.29. The normalized spacial score (nSPS) is 37.8. The van der Waals surface area contributed by atoms with Crippen LogP contribution in [0.4, 0.5) is 0 Å². The van der Waals surface area contributed by atoms with Crippen molar-refractivity contribution in [2.24, 2.45) is 11.8 Å². The average molecular weight is 152 g/mol. The first-order chi connectivity index (χ1) is 5.25. The molecule has 3 unspecified atom stereocenters. The van der Waals surface area contributed by atoms with Crippen LogP contribution < -0.4 is 0 Å². The highest BCUT2D eigenvalue weighted by molar-refractivity contribution is 4.93. The lowest BCUT2D eigenvalue weighted by atomic mass is 9.78. The van der Waals surface area contributed by atoms with E-state index in [2.05, 4.69) is 19.2 Å². The molecule has 1 nitrogen and oxygen atoms in total. The fraction of sp³-hybridized carbons (Fsp3) is 0.700. The molecule has 62 valence electrons. The molecule has 0 aromatic rings. The van der Waals surface area contributed by atoms with Gasteiger partial charge in [-0.25, -0.2) is 0 Å². The molecule has 1 saturated carbocycles. The van der Waals surface area contributed by atoms with Gasteiger partial charge in [-0.1, -0.05) is 19.9 Å². The quantitative estimate of drug-likeness (QED) is 0.571. The molecular formula is C10H16O. The Kier molecular flexibility index (Phi) is 2.92. The van der Waals surface area contributed by atoms with Crippen LogP contribution in [0.1, 0.15) is 26.2 Å². The molecule has 1 aliphatic rings. The summed E-state index contributed by atoms with van der Waals surface area (Å²) in [5.41, 5.74) is 2.76. The third kappa shape index (κ3) is 1.95. The van der Waals surface area contributed by atoms with Crippen LogP contribution in [0, 0.1) is 11.8 Å². The molecule has 1 heteroatoms. The minimum Gasteiger partial charge on any atom is -0.392 e. The van der Waals surface area contributed by atoms with Crippen LogP contribution in [-0.4, -0.2) is 11.2 Å². The van der Waals surface area contributed by atoms with Crippen LogP contribution >= 0.6 is 0 Å². The van der Waals surface area contributed by atoms with Crippen LogP contribution in [0.5, 0.6) is 0 Å². The van der Waals surface area contributed by atoms with Gasteiger partial charge in [0.15, 0.2) is 0 Å². The van der Waals surface area contributed by atoms with Crippen molar-refractivity contribution in [3.05, 3.63) is 18.4 Å². The van der Waals surface area contributed by atoms with Gasteiger partial charge in [0, 0.05) is 5.92 Å². The molecule has 11 heavy (non-hydrogen) atoms. The van der Waals surface area contributed by atoms with E-state index >= 15 is 0 Å². The Morgan fingerprint density at radius 3 is 2.82 bits per heavy atom. The Labute approximate surface area is 68.4 Å². The van der Waals surface area contributed by atoms with Crippen molar-refractivity contribution < 1.29 is 5.11 Å². The Morgan fingerprint density at radius 1 is 1.55 bits per heavy atom. The Morgan fingerprint density at radius 2 is 2.27 bits per heavy atom. The van der Waals surface area contributed by atoms with Gasteiger partial charge in [-0.2, -0.15) is 0 Å². The van der Waals surface area contributed by atoms with Gasteiger partial charge in [-0.15, -0.1) is 5.73 Å². The highest BCUT2D eigenvalue weighted by Crippen LogP contribution is 2.30. The van der Waals surface area contributed by atoms with E-state index in [9.17, 15) is 5.11 Å². The standard InChI is InChI=1S/C10H16O/c1-3-5-9-8(2)6-4-7-10(9)11/h5,8-11H,1,4,6-7H2,2H3. The number of aliphatic hydroxyl groups excluding tert-OH is 1. The van der Waals surface area contributed by atoms with E-state index in [1.54, 1.807) is 0 Å². The molecular weight excluding hydrogens is 136 g/mol. The molecule has 3 atom stereocenters. The molecule has 0 heterocycles. The summed E-state index contributed by atoms with van der Waals surface area (Å²) in [6.45, 7) is 5.71. The van der Waals surface area contributed by atoms with Crippen molar-refractivity contribution in [1.82, 2.24) is 0 Å². The summed E-state index contributed by atoms with van der Waals surface area (Å²) < 4.78 is 0. The van der Waals surface area contributed by atoms with Gasteiger partial charge in [-0.05, 0) is 24.8 Å². The molecule has 1 N–H and O–H groups in total. The largest absolute Gasteiger partial charge is 0.392 e. The van der Waals surface area contributed by atoms with Crippen molar-refractivity contribution >= 4 is 0 Å². The van der Waals surface area contributed by atoms with Gasteiger partial charge in [0.2, 0.25) is 0 Å². The summed E-state index contributed by atoms with van der Waals surface area (Å²) >= 11 is 0. The van der Waals surface area contributed by atoms with Crippen molar-refractivity contribution in [2.45, 2.75) is 32.3 Å². The average Bonchev–Trinajstić information content (AvgIpc) is 1.97. The van der Waals surface area contributed by atoms with Crippen LogP contribution in [-0.2, 0) is 0 Å². The van der Waals surface area contributed by atoms with Crippen LogP contribution in [0.25, 0.3) is 0 Å². The Balaban J connectivity index is 2.62. The molecule has 1 rings (SSSR count). The fourth-order valence-corrected chi connectivity index (χ4v) is 1.82. The SMILES string of the molecule is C=C=CC1C(C)CCCC1O. The summed E-state index contributed by atoms with van der Waals surface area (Å²) in [4.78, 5) is 0. The molecule has 0 aromatic heterocycles. The van der Waals surface area contributed by atoms with Gasteiger partial charge >= 0.3 is 0 Å². The predicted octanol–water partition coefficient (Wildman–Crippen LogP) is 2.12. The van der Waals surface area contributed by atoms with Crippen molar-refractivity contribution in [1.29, 1.82) is 0 Å². The van der Waals surface area contributed by atoms with Crippen molar-refractivity contribution in [2.75, 3.05) is 0 Å². The molecule has 0 aliphatic heterocycles. The highest BCUT2D eigenvalue weighted by Gasteiger charge is 2.26. The summed E-state index contributed by atoms with van der Waals surface area (Å²) in [6.07, 6.45) is 5.07. The van der Waals surface area contributed by atoms with Gasteiger partial charge < -0.3 is 5.11 Å². The summed E-state index contributed by atoms with van der Waals surface area (Å²) in [7, 11) is 0. The zero-order valence-corrected chi connectivity index (χ0v) is 7.09. The van der Waals surface area contributed by atoms with Gasteiger partial charge in [0.25, 0.3) is 0 Å². The second-order valence-corrected chi connectivity index (χ2v) is 3.42. The summed E-state index contributed by atoms with van der Waals surface area (Å²) in [6, 6.07) is 0. The van der Waals surface area contributed by atoms with E-state index in [4.69, 9.17) is 0 Å². The molecule has 0 radical (unpaired) electrons. The van der Waals surface area contributed by atoms with Gasteiger partial charge in [-0.3, -0.25) is 0 Å². The van der Waals surface area contributed by atoms with Crippen LogP contribution in [0.3, 0.4) is 0 Å². The molecule has 0 bridgehead atoms. The monoisotopic (exact) mass is 152 g/mol. The van der Waals surface area contributed by atoms with Crippen LogP contribution in [0.2, 0.25) is 0 Å². The lowest BCUT2D eigenvalue weighted by Gasteiger charge is -2.30. The number of hydrogen-bond donors (Lipinski definition) is 1. The molecule has 0 saturated heterocycles. The molecule has 1 fully saturated rings. The van der Waals surface area contributed by atoms with Crippen molar-refractivity contribution in [3.63, 3.8) is 0 Å². The van der Waals surface area contributed by atoms with E-state index in [-0.39, 0.29) is 6.10 Å². The van der Waals surface area contributed by atoms with E-state index in [0.29, 0.717) is 11.8 Å². The predicted molar refractivity (Wildman–Crippen MR) is 46.2 cm³/mol. The van der Waals surface area contributed by atoms with Gasteiger partial charge in [0.1, 0.15) is 0 Å². The first kappa shape index (κ1) is 8.58. The maximum absolute atomic E-state index is 9.57. The second-order valence-electron chi connectivity index (χ2n) is 3.42. The smallest absolute Gasteiger partial charge is 0.0611 e. The van der Waals surface area contributed by atoms with E-state index in [1.807, 2.05) is 6.08 Å². The lowest BCUT2D eigenvalue weighted by molar-refractivity contribution is 0.0636. The molecule has 0 amide bonds. The van der Waals surface area contributed by atoms with E-state index < -0.39 is 0 Å². The Hall–Kier alpha value is -0.520. The third-order valence-corrected chi connectivity index (χ3v) is 2.57. The Bertz CT molecular complexity index is 158. The molecule has 0 aromatic carbocycles. The minimum absolute atomic E-state index is 0.159. The first-order valence-corrected chi connectivity index (χ1v) is 4.29. The minimum atomic E-state index is -0.159.